The van der Waals surface area contributed by atoms with Gasteiger partial charge in [-0.1, -0.05) is 24.3 Å². The van der Waals surface area contributed by atoms with Crippen molar-refractivity contribution in [2.75, 3.05) is 26.1 Å². The summed E-state index contributed by atoms with van der Waals surface area (Å²) in [7, 11) is 2.71. The van der Waals surface area contributed by atoms with Crippen LogP contribution in [0.4, 0.5) is 11.4 Å². The highest BCUT2D eigenvalue weighted by Gasteiger charge is 2.33. The van der Waals surface area contributed by atoms with Gasteiger partial charge in [0.25, 0.3) is 5.69 Å². The molecule has 152 valence electrons. The number of benzene rings is 2. The van der Waals surface area contributed by atoms with Crippen molar-refractivity contribution in [3.63, 3.8) is 0 Å². The number of fused-ring (bicyclic) bond motifs is 1. The molecular formula is C20H21N3O6. The van der Waals surface area contributed by atoms with Crippen molar-refractivity contribution < 1.29 is 24.0 Å². The lowest BCUT2D eigenvalue weighted by atomic mass is 9.94. The molecule has 1 atom stereocenters. The first-order chi connectivity index (χ1) is 13.9. The molecule has 2 aromatic rings. The van der Waals surface area contributed by atoms with Crippen molar-refractivity contribution >= 4 is 23.3 Å². The van der Waals surface area contributed by atoms with Crippen LogP contribution in [-0.4, -0.2) is 48.5 Å². The van der Waals surface area contributed by atoms with Gasteiger partial charge in [0.05, 0.1) is 31.8 Å². The number of carbonyl (C=O) groups is 2. The van der Waals surface area contributed by atoms with E-state index in [-0.39, 0.29) is 17.9 Å². The van der Waals surface area contributed by atoms with E-state index in [0.29, 0.717) is 18.7 Å². The third-order valence-electron chi connectivity index (χ3n) is 4.84. The SMILES string of the molecule is COC(=O)[C@H]1Cc2ccccc2CN1CC(=O)Nc1ccc(OC)cc1[N+](=O)[O-]. The number of esters is 1. The maximum atomic E-state index is 12.6. The molecule has 0 radical (unpaired) electrons. The van der Waals surface area contributed by atoms with E-state index < -0.39 is 22.8 Å². The van der Waals surface area contributed by atoms with E-state index in [0.717, 1.165) is 11.1 Å². The van der Waals surface area contributed by atoms with Crippen LogP contribution in [0.2, 0.25) is 0 Å². The maximum absolute atomic E-state index is 12.6. The van der Waals surface area contributed by atoms with Gasteiger partial charge in [0.2, 0.25) is 5.91 Å². The molecule has 9 heteroatoms. The minimum absolute atomic E-state index is 0.0628. The fourth-order valence-corrected chi connectivity index (χ4v) is 3.38. The number of nitro groups is 1. The molecule has 0 aliphatic carbocycles. The summed E-state index contributed by atoms with van der Waals surface area (Å²) in [4.78, 5) is 37.3. The molecule has 0 saturated carbocycles. The summed E-state index contributed by atoms with van der Waals surface area (Å²) >= 11 is 0. The van der Waals surface area contributed by atoms with Crippen molar-refractivity contribution in [2.24, 2.45) is 0 Å². The van der Waals surface area contributed by atoms with Gasteiger partial charge in [0.1, 0.15) is 17.5 Å². The van der Waals surface area contributed by atoms with Crippen LogP contribution in [0.3, 0.4) is 0 Å². The van der Waals surface area contributed by atoms with E-state index in [1.165, 1.54) is 32.4 Å². The molecule has 3 rings (SSSR count). The highest BCUT2D eigenvalue weighted by atomic mass is 16.6. The molecule has 1 aliphatic heterocycles. The quantitative estimate of drug-likeness (QED) is 0.450. The minimum Gasteiger partial charge on any atom is -0.496 e. The van der Waals surface area contributed by atoms with Crippen LogP contribution in [0.15, 0.2) is 42.5 Å². The van der Waals surface area contributed by atoms with Crippen LogP contribution in [0.1, 0.15) is 11.1 Å². The lowest BCUT2D eigenvalue weighted by Gasteiger charge is -2.34. The molecule has 1 aliphatic rings. The Labute approximate surface area is 167 Å². The molecule has 1 heterocycles. The predicted molar refractivity (Wildman–Crippen MR) is 105 cm³/mol. The molecule has 1 amide bonds. The Kier molecular flexibility index (Phi) is 6.08. The number of hydrogen-bond acceptors (Lipinski definition) is 7. The van der Waals surface area contributed by atoms with E-state index in [2.05, 4.69) is 5.32 Å². The second-order valence-corrected chi connectivity index (χ2v) is 6.61. The molecule has 0 bridgehead atoms. The number of nitrogens with one attached hydrogen (secondary N) is 1. The molecule has 2 aromatic carbocycles. The summed E-state index contributed by atoms with van der Waals surface area (Å²) < 4.78 is 9.89. The average Bonchev–Trinajstić information content (AvgIpc) is 2.72. The summed E-state index contributed by atoms with van der Waals surface area (Å²) in [5.74, 6) is -0.581. The maximum Gasteiger partial charge on any atom is 0.323 e. The van der Waals surface area contributed by atoms with Crippen molar-refractivity contribution in [3.05, 3.63) is 63.7 Å². The van der Waals surface area contributed by atoms with Crippen LogP contribution in [0, 0.1) is 10.1 Å². The lowest BCUT2D eigenvalue weighted by molar-refractivity contribution is -0.384. The Bertz CT molecular complexity index is 946. The number of nitro benzene ring substituents is 1. The van der Waals surface area contributed by atoms with E-state index in [9.17, 15) is 19.7 Å². The van der Waals surface area contributed by atoms with E-state index >= 15 is 0 Å². The van der Waals surface area contributed by atoms with Crippen LogP contribution < -0.4 is 10.1 Å². The number of ether oxygens (including phenoxy) is 2. The zero-order chi connectivity index (χ0) is 21.0. The molecule has 0 saturated heterocycles. The molecule has 0 aromatic heterocycles. The van der Waals surface area contributed by atoms with Crippen molar-refractivity contribution in [1.82, 2.24) is 4.90 Å². The Morgan fingerprint density at radius 1 is 1.21 bits per heavy atom. The molecule has 0 unspecified atom stereocenters. The van der Waals surface area contributed by atoms with Gasteiger partial charge in [-0.05, 0) is 29.7 Å². The first kappa shape index (κ1) is 20.3. The summed E-state index contributed by atoms with van der Waals surface area (Å²) in [6.07, 6.45) is 0.429. The highest BCUT2D eigenvalue weighted by Crippen LogP contribution is 2.29. The van der Waals surface area contributed by atoms with Gasteiger partial charge in [-0.3, -0.25) is 24.6 Å². The fourth-order valence-electron chi connectivity index (χ4n) is 3.38. The summed E-state index contributed by atoms with van der Waals surface area (Å²) in [6, 6.07) is 11.3. The third kappa shape index (κ3) is 4.52. The molecule has 0 spiro atoms. The number of hydrogen-bond donors (Lipinski definition) is 1. The summed E-state index contributed by atoms with van der Waals surface area (Å²) in [6.45, 7) is 0.283. The average molecular weight is 399 g/mol. The van der Waals surface area contributed by atoms with Crippen molar-refractivity contribution in [3.8, 4) is 5.75 Å². The topological polar surface area (TPSA) is 111 Å². The highest BCUT2D eigenvalue weighted by molar-refractivity contribution is 5.95. The molecule has 0 fully saturated rings. The van der Waals surface area contributed by atoms with E-state index in [1.807, 2.05) is 24.3 Å². The van der Waals surface area contributed by atoms with Gasteiger partial charge >= 0.3 is 5.97 Å². The molecule has 1 N–H and O–H groups in total. The fraction of sp³-hybridized carbons (Fsp3) is 0.300. The third-order valence-corrected chi connectivity index (χ3v) is 4.84. The van der Waals surface area contributed by atoms with Crippen LogP contribution in [0.5, 0.6) is 5.75 Å². The lowest BCUT2D eigenvalue weighted by Crippen LogP contribution is -2.49. The van der Waals surface area contributed by atoms with Gasteiger partial charge in [0, 0.05) is 6.54 Å². The molecule has 9 nitrogen and oxygen atoms in total. The van der Waals surface area contributed by atoms with Gasteiger partial charge in [-0.15, -0.1) is 0 Å². The van der Waals surface area contributed by atoms with E-state index in [1.54, 1.807) is 4.90 Å². The van der Waals surface area contributed by atoms with Crippen LogP contribution >= 0.6 is 0 Å². The predicted octanol–water partition coefficient (Wildman–Crippen LogP) is 2.14. The number of rotatable bonds is 6. The minimum atomic E-state index is -0.605. The normalized spacial score (nSPS) is 15.9. The van der Waals surface area contributed by atoms with E-state index in [4.69, 9.17) is 9.47 Å². The number of nitrogens with zero attached hydrogens (tertiary/aromatic N) is 2. The van der Waals surface area contributed by atoms with Crippen molar-refractivity contribution in [1.29, 1.82) is 0 Å². The number of amides is 1. The Morgan fingerprint density at radius 3 is 2.59 bits per heavy atom. The zero-order valence-corrected chi connectivity index (χ0v) is 16.1. The molecular weight excluding hydrogens is 378 g/mol. The van der Waals surface area contributed by atoms with Gasteiger partial charge in [-0.2, -0.15) is 0 Å². The second-order valence-electron chi connectivity index (χ2n) is 6.61. The number of carbonyl (C=O) groups excluding carboxylic acids is 2. The second kappa shape index (κ2) is 8.70. The van der Waals surface area contributed by atoms with Gasteiger partial charge in [0.15, 0.2) is 0 Å². The van der Waals surface area contributed by atoms with Crippen LogP contribution in [-0.2, 0) is 27.3 Å². The first-order valence-electron chi connectivity index (χ1n) is 8.94. The van der Waals surface area contributed by atoms with Gasteiger partial charge < -0.3 is 14.8 Å². The standard InChI is InChI=1S/C20H21N3O6/c1-28-15-7-8-16(17(10-15)23(26)27)21-19(24)12-22-11-14-6-4-3-5-13(14)9-18(22)20(25)29-2/h3-8,10,18H,9,11-12H2,1-2H3,(H,21,24)/t18-/m1/s1. The first-order valence-corrected chi connectivity index (χ1v) is 8.94. The largest absolute Gasteiger partial charge is 0.496 e. The van der Waals surface area contributed by atoms with Crippen molar-refractivity contribution in [2.45, 2.75) is 19.0 Å². The number of anilines is 1. The van der Waals surface area contributed by atoms with Gasteiger partial charge in [-0.25, -0.2) is 0 Å². The Morgan fingerprint density at radius 2 is 1.93 bits per heavy atom. The summed E-state index contributed by atoms with van der Waals surface area (Å²) in [5.41, 5.74) is 1.85. The Hall–Kier alpha value is -3.46. The zero-order valence-electron chi connectivity index (χ0n) is 16.1. The summed E-state index contributed by atoms with van der Waals surface area (Å²) in [5, 5.41) is 13.9. The number of methoxy groups -OCH3 is 2. The smallest absolute Gasteiger partial charge is 0.323 e. The molecule has 29 heavy (non-hydrogen) atoms. The van der Waals surface area contributed by atoms with Crippen LogP contribution in [0.25, 0.3) is 0 Å². The monoisotopic (exact) mass is 399 g/mol. The Balaban J connectivity index is 1.78.